The van der Waals surface area contributed by atoms with Crippen molar-refractivity contribution in [1.82, 2.24) is 4.90 Å². The third kappa shape index (κ3) is 1.79. The smallest absolute Gasteiger partial charge is 0.246 e. The van der Waals surface area contributed by atoms with E-state index < -0.39 is 0 Å². The first-order valence-electron chi connectivity index (χ1n) is 6.23. The lowest BCUT2D eigenvalue weighted by Gasteiger charge is -2.22. The molecule has 1 fully saturated rings. The van der Waals surface area contributed by atoms with E-state index in [1.54, 1.807) is 6.07 Å². The Balaban J connectivity index is 1.88. The van der Waals surface area contributed by atoms with Gasteiger partial charge < -0.3 is 11.1 Å². The Morgan fingerprint density at radius 3 is 3.06 bits per heavy atom. The van der Waals surface area contributed by atoms with Crippen molar-refractivity contribution in [1.29, 1.82) is 0 Å². The van der Waals surface area contributed by atoms with Gasteiger partial charge in [0.15, 0.2) is 0 Å². The minimum Gasteiger partial charge on any atom is -0.330 e. The van der Waals surface area contributed by atoms with Gasteiger partial charge in [-0.15, -0.1) is 0 Å². The highest BCUT2D eigenvalue weighted by molar-refractivity contribution is 6.02. The van der Waals surface area contributed by atoms with Crippen LogP contribution in [-0.2, 0) is 4.79 Å². The summed E-state index contributed by atoms with van der Waals surface area (Å²) in [5.74, 6) is 0.0755. The van der Waals surface area contributed by atoms with Gasteiger partial charge in [0.05, 0.1) is 0 Å². The third-order valence-electron chi connectivity index (χ3n) is 3.83. The highest BCUT2D eigenvalue weighted by atomic mass is 19.1. The molecule has 96 valence electrons. The molecule has 1 amide bonds. The fourth-order valence-electron chi connectivity index (χ4n) is 2.87. The van der Waals surface area contributed by atoms with Crippen LogP contribution in [-0.4, -0.2) is 30.4 Å². The number of anilines is 1. The molecule has 4 nitrogen and oxygen atoms in total. The predicted octanol–water partition coefficient (Wildman–Crippen LogP) is 1.10. The summed E-state index contributed by atoms with van der Waals surface area (Å²) in [6.45, 7) is 2.36. The van der Waals surface area contributed by atoms with E-state index in [1.165, 1.54) is 12.1 Å². The first-order chi connectivity index (χ1) is 8.69. The van der Waals surface area contributed by atoms with Crippen LogP contribution in [0.25, 0.3) is 0 Å². The second-order valence-corrected chi connectivity index (χ2v) is 5.01. The summed E-state index contributed by atoms with van der Waals surface area (Å²) in [6, 6.07) is 4.20. The maximum Gasteiger partial charge on any atom is 0.246 e. The van der Waals surface area contributed by atoms with Crippen molar-refractivity contribution in [2.24, 2.45) is 11.7 Å². The van der Waals surface area contributed by atoms with E-state index in [-0.39, 0.29) is 17.8 Å². The van der Waals surface area contributed by atoms with E-state index in [0.717, 1.165) is 25.1 Å². The van der Waals surface area contributed by atoms with Gasteiger partial charge in [0.25, 0.3) is 0 Å². The van der Waals surface area contributed by atoms with Crippen LogP contribution in [0.4, 0.5) is 10.1 Å². The van der Waals surface area contributed by atoms with Crippen molar-refractivity contribution in [2.45, 2.75) is 12.5 Å². The number of amides is 1. The molecule has 2 unspecified atom stereocenters. The molecule has 0 aliphatic carbocycles. The standard InChI is InChI=1S/C13H16FN3O/c14-9-1-2-10-11(5-9)16-13(18)12(10)17-4-3-8(6-15)7-17/h1-2,5,8,12H,3-4,6-7,15H2,(H,16,18). The van der Waals surface area contributed by atoms with Gasteiger partial charge in [-0.2, -0.15) is 0 Å². The first-order valence-corrected chi connectivity index (χ1v) is 6.23. The number of hydrogen-bond acceptors (Lipinski definition) is 3. The zero-order valence-corrected chi connectivity index (χ0v) is 10.0. The first kappa shape index (κ1) is 11.6. The zero-order valence-electron chi connectivity index (χ0n) is 10.0. The van der Waals surface area contributed by atoms with Crippen LogP contribution in [0.5, 0.6) is 0 Å². The molecule has 0 bridgehead atoms. The molecule has 0 spiro atoms. The molecule has 2 heterocycles. The Morgan fingerprint density at radius 1 is 1.50 bits per heavy atom. The number of rotatable bonds is 2. The second-order valence-electron chi connectivity index (χ2n) is 5.01. The summed E-state index contributed by atoms with van der Waals surface area (Å²) < 4.78 is 13.1. The predicted molar refractivity (Wildman–Crippen MR) is 66.5 cm³/mol. The van der Waals surface area contributed by atoms with Crippen molar-refractivity contribution in [3.63, 3.8) is 0 Å². The highest BCUT2D eigenvalue weighted by Gasteiger charge is 2.38. The molecule has 0 aromatic heterocycles. The van der Waals surface area contributed by atoms with E-state index in [0.29, 0.717) is 18.2 Å². The number of nitrogens with zero attached hydrogens (tertiary/aromatic N) is 1. The number of halogens is 1. The molecule has 2 aliphatic rings. The molecule has 0 saturated carbocycles. The molecular weight excluding hydrogens is 233 g/mol. The molecule has 1 aromatic rings. The van der Waals surface area contributed by atoms with Crippen LogP contribution in [0.2, 0.25) is 0 Å². The van der Waals surface area contributed by atoms with Crippen LogP contribution in [0, 0.1) is 11.7 Å². The molecule has 2 atom stereocenters. The van der Waals surface area contributed by atoms with Gasteiger partial charge in [-0.1, -0.05) is 6.07 Å². The average molecular weight is 249 g/mol. The van der Waals surface area contributed by atoms with Gasteiger partial charge in [-0.25, -0.2) is 4.39 Å². The van der Waals surface area contributed by atoms with Crippen LogP contribution >= 0.6 is 0 Å². The lowest BCUT2D eigenvalue weighted by Crippen LogP contribution is -2.32. The van der Waals surface area contributed by atoms with Gasteiger partial charge in [-0.3, -0.25) is 9.69 Å². The molecule has 3 N–H and O–H groups in total. The molecule has 0 radical (unpaired) electrons. The van der Waals surface area contributed by atoms with Gasteiger partial charge in [-0.05, 0) is 37.6 Å². The highest BCUT2D eigenvalue weighted by Crippen LogP contribution is 2.37. The quantitative estimate of drug-likeness (QED) is 0.825. The Kier molecular flexibility index (Phi) is 2.80. The third-order valence-corrected chi connectivity index (χ3v) is 3.83. The number of nitrogens with one attached hydrogen (secondary N) is 1. The topological polar surface area (TPSA) is 58.4 Å². The molecule has 1 saturated heterocycles. The summed E-state index contributed by atoms with van der Waals surface area (Å²) in [4.78, 5) is 14.2. The van der Waals surface area contributed by atoms with Crippen LogP contribution < -0.4 is 11.1 Å². The number of likely N-dealkylation sites (tertiary alicyclic amines) is 1. The van der Waals surface area contributed by atoms with Gasteiger partial charge in [0.1, 0.15) is 11.9 Å². The number of carbonyl (C=O) groups excluding carboxylic acids is 1. The molecule has 3 rings (SSSR count). The number of hydrogen-bond donors (Lipinski definition) is 2. The maximum absolute atomic E-state index is 13.1. The van der Waals surface area contributed by atoms with Crippen LogP contribution in [0.1, 0.15) is 18.0 Å². The Hall–Kier alpha value is -1.46. The molecule has 5 heteroatoms. The van der Waals surface area contributed by atoms with Crippen molar-refractivity contribution in [3.8, 4) is 0 Å². The minimum atomic E-state index is -0.323. The van der Waals surface area contributed by atoms with Gasteiger partial charge in [0.2, 0.25) is 5.91 Å². The van der Waals surface area contributed by atoms with Crippen LogP contribution in [0.15, 0.2) is 18.2 Å². The van der Waals surface area contributed by atoms with Crippen molar-refractivity contribution < 1.29 is 9.18 Å². The fraction of sp³-hybridized carbons (Fsp3) is 0.462. The largest absolute Gasteiger partial charge is 0.330 e. The van der Waals surface area contributed by atoms with Crippen molar-refractivity contribution >= 4 is 11.6 Å². The minimum absolute atomic E-state index is 0.0618. The Bertz CT molecular complexity index is 491. The number of carbonyl (C=O) groups is 1. The number of fused-ring (bicyclic) bond motifs is 1. The van der Waals surface area contributed by atoms with Crippen LogP contribution in [0.3, 0.4) is 0 Å². The summed E-state index contributed by atoms with van der Waals surface area (Å²) in [6.07, 6.45) is 1.02. The number of benzene rings is 1. The molecular formula is C13H16FN3O. The average Bonchev–Trinajstić information content (AvgIpc) is 2.91. The maximum atomic E-state index is 13.1. The molecule has 2 aliphatic heterocycles. The summed E-state index contributed by atoms with van der Waals surface area (Å²) in [5, 5.41) is 2.75. The second kappa shape index (κ2) is 4.33. The Labute approximate surface area is 105 Å². The summed E-state index contributed by atoms with van der Waals surface area (Å²) in [7, 11) is 0. The van der Waals surface area contributed by atoms with E-state index in [1.807, 2.05) is 0 Å². The zero-order chi connectivity index (χ0) is 12.7. The van der Waals surface area contributed by atoms with E-state index in [4.69, 9.17) is 5.73 Å². The van der Waals surface area contributed by atoms with Gasteiger partial charge in [0, 0.05) is 17.8 Å². The lowest BCUT2D eigenvalue weighted by molar-refractivity contribution is -0.120. The van der Waals surface area contributed by atoms with Crippen molar-refractivity contribution in [2.75, 3.05) is 25.0 Å². The molecule has 18 heavy (non-hydrogen) atoms. The lowest BCUT2D eigenvalue weighted by atomic mass is 10.1. The van der Waals surface area contributed by atoms with E-state index in [9.17, 15) is 9.18 Å². The normalized spacial score (nSPS) is 27.3. The monoisotopic (exact) mass is 249 g/mol. The van der Waals surface area contributed by atoms with Gasteiger partial charge >= 0.3 is 0 Å². The fourth-order valence-corrected chi connectivity index (χ4v) is 2.87. The van der Waals surface area contributed by atoms with Crippen molar-refractivity contribution in [3.05, 3.63) is 29.6 Å². The Morgan fingerprint density at radius 2 is 2.33 bits per heavy atom. The summed E-state index contributed by atoms with van der Waals surface area (Å²) >= 11 is 0. The van der Waals surface area contributed by atoms with E-state index in [2.05, 4.69) is 10.2 Å². The number of nitrogens with two attached hydrogens (primary N) is 1. The molecule has 1 aromatic carbocycles. The summed E-state index contributed by atoms with van der Waals surface area (Å²) in [5.41, 5.74) is 7.14. The van der Waals surface area contributed by atoms with E-state index >= 15 is 0 Å². The SMILES string of the molecule is NCC1CCN(C2C(=O)Nc3cc(F)ccc32)C1.